The molecule has 1 aromatic heterocycles. The van der Waals surface area contributed by atoms with Crippen LogP contribution in [0.3, 0.4) is 0 Å². The highest BCUT2D eigenvalue weighted by molar-refractivity contribution is 6.05. The minimum atomic E-state index is -0.177. The maximum atomic E-state index is 13.0. The highest BCUT2D eigenvalue weighted by atomic mass is 16.2. The zero-order valence-corrected chi connectivity index (χ0v) is 17.2. The lowest BCUT2D eigenvalue weighted by atomic mass is 10.1. The summed E-state index contributed by atoms with van der Waals surface area (Å²) in [6.45, 7) is 6.10. The number of rotatable bonds is 3. The first-order valence-electron chi connectivity index (χ1n) is 9.81. The van der Waals surface area contributed by atoms with Crippen LogP contribution in [0.2, 0.25) is 0 Å². The Balaban J connectivity index is 1.59. The molecule has 0 atom stereocenters. The van der Waals surface area contributed by atoms with Gasteiger partial charge in [0, 0.05) is 41.9 Å². The van der Waals surface area contributed by atoms with Crippen LogP contribution in [0.25, 0.3) is 5.69 Å². The van der Waals surface area contributed by atoms with E-state index in [1.165, 1.54) is 0 Å². The van der Waals surface area contributed by atoms with Gasteiger partial charge < -0.3 is 14.8 Å². The van der Waals surface area contributed by atoms with E-state index in [1.54, 1.807) is 24.0 Å². The van der Waals surface area contributed by atoms with E-state index in [9.17, 15) is 9.59 Å². The number of hydrogen-bond donors (Lipinski definition) is 1. The molecule has 2 amide bonds. The molecule has 0 bridgehead atoms. The molecule has 6 nitrogen and oxygen atoms in total. The maximum absolute atomic E-state index is 13.0. The van der Waals surface area contributed by atoms with Crippen LogP contribution >= 0.6 is 0 Å². The first-order valence-corrected chi connectivity index (χ1v) is 9.81. The molecule has 0 spiro atoms. The zero-order chi connectivity index (χ0) is 21.4. The van der Waals surface area contributed by atoms with Crippen LogP contribution in [0.15, 0.2) is 48.5 Å². The second-order valence-electron chi connectivity index (χ2n) is 7.50. The fourth-order valence-electron chi connectivity index (χ4n) is 4.08. The molecule has 6 heteroatoms. The number of anilines is 2. The predicted octanol–water partition coefficient (Wildman–Crippen LogP) is 4.13. The Morgan fingerprint density at radius 3 is 2.47 bits per heavy atom. The van der Waals surface area contributed by atoms with Crippen molar-refractivity contribution >= 4 is 23.2 Å². The smallest absolute Gasteiger partial charge is 0.257 e. The van der Waals surface area contributed by atoms with Crippen LogP contribution in [0, 0.1) is 25.2 Å². The van der Waals surface area contributed by atoms with E-state index in [1.807, 2.05) is 54.8 Å². The molecule has 30 heavy (non-hydrogen) atoms. The highest BCUT2D eigenvalue weighted by Gasteiger charge is 2.23. The number of benzene rings is 2. The van der Waals surface area contributed by atoms with Gasteiger partial charge in [-0.25, -0.2) is 0 Å². The standard InChI is InChI=1S/C24H22N4O2/c1-15-12-22(16(2)28(15)21-7-4-18(14-25)5-8-21)24(30)26-20-6-9-23-19(13-20)10-11-27(23)17(3)29/h4-9,12-13H,10-11H2,1-3H3,(H,26,30). The molecule has 1 aliphatic rings. The van der Waals surface area contributed by atoms with Gasteiger partial charge in [-0.3, -0.25) is 9.59 Å². The minimum Gasteiger partial charge on any atom is -0.322 e. The molecule has 2 heterocycles. The van der Waals surface area contributed by atoms with E-state index in [0.29, 0.717) is 23.4 Å². The van der Waals surface area contributed by atoms with Crippen LogP contribution in [0.4, 0.5) is 11.4 Å². The second-order valence-corrected chi connectivity index (χ2v) is 7.50. The van der Waals surface area contributed by atoms with E-state index in [2.05, 4.69) is 11.4 Å². The molecule has 0 saturated heterocycles. The molecular formula is C24H22N4O2. The third kappa shape index (κ3) is 3.35. The van der Waals surface area contributed by atoms with Crippen molar-refractivity contribution in [3.63, 3.8) is 0 Å². The lowest BCUT2D eigenvalue weighted by molar-refractivity contribution is -0.116. The third-order valence-electron chi connectivity index (χ3n) is 5.54. The molecule has 0 aliphatic carbocycles. The van der Waals surface area contributed by atoms with Crippen molar-refractivity contribution in [2.45, 2.75) is 27.2 Å². The number of aryl methyl sites for hydroxylation is 1. The Morgan fingerprint density at radius 1 is 1.07 bits per heavy atom. The lowest BCUT2D eigenvalue weighted by Crippen LogP contribution is -2.25. The summed E-state index contributed by atoms with van der Waals surface area (Å²) < 4.78 is 2.00. The van der Waals surface area contributed by atoms with E-state index in [4.69, 9.17) is 5.26 Å². The van der Waals surface area contributed by atoms with Gasteiger partial charge in [-0.1, -0.05) is 0 Å². The van der Waals surface area contributed by atoms with Crippen molar-refractivity contribution in [1.82, 2.24) is 4.57 Å². The third-order valence-corrected chi connectivity index (χ3v) is 5.54. The maximum Gasteiger partial charge on any atom is 0.257 e. The average molecular weight is 398 g/mol. The van der Waals surface area contributed by atoms with Crippen molar-refractivity contribution in [3.8, 4) is 11.8 Å². The van der Waals surface area contributed by atoms with E-state index in [0.717, 1.165) is 34.7 Å². The molecule has 0 fully saturated rings. The van der Waals surface area contributed by atoms with Crippen LogP contribution in [0.1, 0.15) is 39.8 Å². The average Bonchev–Trinajstić information content (AvgIpc) is 3.28. The Kier molecular flexibility index (Phi) is 4.88. The van der Waals surface area contributed by atoms with Crippen molar-refractivity contribution < 1.29 is 9.59 Å². The predicted molar refractivity (Wildman–Crippen MR) is 116 cm³/mol. The number of nitrogens with zero attached hydrogens (tertiary/aromatic N) is 3. The number of fused-ring (bicyclic) bond motifs is 1. The van der Waals surface area contributed by atoms with Crippen molar-refractivity contribution in [2.24, 2.45) is 0 Å². The fraction of sp³-hybridized carbons (Fsp3) is 0.208. The molecule has 4 rings (SSSR count). The Bertz CT molecular complexity index is 1200. The number of nitrogens with one attached hydrogen (secondary N) is 1. The molecule has 0 unspecified atom stereocenters. The van der Waals surface area contributed by atoms with Gasteiger partial charge in [0.05, 0.1) is 17.2 Å². The number of carbonyl (C=O) groups excluding carboxylic acids is 2. The first kappa shape index (κ1) is 19.5. The quantitative estimate of drug-likeness (QED) is 0.721. The molecule has 1 N–H and O–H groups in total. The summed E-state index contributed by atoms with van der Waals surface area (Å²) in [5.41, 5.74) is 6.57. The molecule has 2 aromatic carbocycles. The van der Waals surface area contributed by atoms with Crippen LogP contribution < -0.4 is 10.2 Å². The Labute approximate surface area is 175 Å². The highest BCUT2D eigenvalue weighted by Crippen LogP contribution is 2.31. The van der Waals surface area contributed by atoms with Gasteiger partial charge in [-0.05, 0) is 74.4 Å². The lowest BCUT2D eigenvalue weighted by Gasteiger charge is -2.15. The van der Waals surface area contributed by atoms with E-state index in [-0.39, 0.29) is 11.8 Å². The van der Waals surface area contributed by atoms with Gasteiger partial charge in [0.25, 0.3) is 5.91 Å². The number of aromatic nitrogens is 1. The summed E-state index contributed by atoms with van der Waals surface area (Å²) >= 11 is 0. The van der Waals surface area contributed by atoms with Gasteiger partial charge in [0.2, 0.25) is 5.91 Å². The van der Waals surface area contributed by atoms with Gasteiger partial charge >= 0.3 is 0 Å². The van der Waals surface area contributed by atoms with E-state index < -0.39 is 0 Å². The van der Waals surface area contributed by atoms with Gasteiger partial charge in [-0.2, -0.15) is 5.26 Å². The number of carbonyl (C=O) groups is 2. The SMILES string of the molecule is CC(=O)N1CCc2cc(NC(=O)c3cc(C)n(-c4ccc(C#N)cc4)c3C)ccc21. The zero-order valence-electron chi connectivity index (χ0n) is 17.2. The van der Waals surface area contributed by atoms with Crippen LogP contribution in [-0.4, -0.2) is 22.9 Å². The summed E-state index contributed by atoms with van der Waals surface area (Å²) in [6.07, 6.45) is 0.784. The summed E-state index contributed by atoms with van der Waals surface area (Å²) in [6, 6.07) is 16.9. The second kappa shape index (κ2) is 7.53. The normalized spacial score (nSPS) is 12.4. The van der Waals surface area contributed by atoms with Gasteiger partial charge in [0.1, 0.15) is 0 Å². The first-order chi connectivity index (χ1) is 14.4. The summed E-state index contributed by atoms with van der Waals surface area (Å²) in [4.78, 5) is 26.4. The molecular weight excluding hydrogens is 376 g/mol. The van der Waals surface area contributed by atoms with Crippen molar-refractivity contribution in [3.05, 3.63) is 76.6 Å². The molecule has 150 valence electrons. The Morgan fingerprint density at radius 2 is 1.80 bits per heavy atom. The van der Waals surface area contributed by atoms with Crippen molar-refractivity contribution in [2.75, 3.05) is 16.8 Å². The Hall–Kier alpha value is -3.85. The summed E-state index contributed by atoms with van der Waals surface area (Å²) in [5, 5.41) is 12.0. The molecule has 0 radical (unpaired) electrons. The summed E-state index contributed by atoms with van der Waals surface area (Å²) in [7, 11) is 0. The van der Waals surface area contributed by atoms with Gasteiger partial charge in [-0.15, -0.1) is 0 Å². The molecule has 1 aliphatic heterocycles. The fourth-order valence-corrected chi connectivity index (χ4v) is 4.08. The molecule has 0 saturated carbocycles. The van der Waals surface area contributed by atoms with Crippen molar-refractivity contribution in [1.29, 1.82) is 5.26 Å². The topological polar surface area (TPSA) is 78.1 Å². The van der Waals surface area contributed by atoms with Gasteiger partial charge in [0.15, 0.2) is 0 Å². The number of hydrogen-bond acceptors (Lipinski definition) is 3. The van der Waals surface area contributed by atoms with Crippen LogP contribution in [0.5, 0.6) is 0 Å². The summed E-state index contributed by atoms with van der Waals surface area (Å²) in [5.74, 6) is -0.148. The number of nitriles is 1. The van der Waals surface area contributed by atoms with Crippen LogP contribution in [-0.2, 0) is 11.2 Å². The molecule has 3 aromatic rings. The largest absolute Gasteiger partial charge is 0.322 e. The monoisotopic (exact) mass is 398 g/mol. The van der Waals surface area contributed by atoms with E-state index >= 15 is 0 Å². The number of amides is 2. The minimum absolute atomic E-state index is 0.0285.